The number of hydrogen-bond acceptors (Lipinski definition) is 3. The van der Waals surface area contributed by atoms with E-state index in [2.05, 4.69) is 18.1 Å². The summed E-state index contributed by atoms with van der Waals surface area (Å²) in [5.41, 5.74) is -0.359. The van der Waals surface area contributed by atoms with Crippen molar-refractivity contribution in [3.8, 4) is 0 Å². The highest BCUT2D eigenvalue weighted by Crippen LogP contribution is 2.03. The maximum absolute atomic E-state index is 12.2. The first-order valence-electron chi connectivity index (χ1n) is 5.51. The van der Waals surface area contributed by atoms with Crippen molar-refractivity contribution in [3.05, 3.63) is 64.5 Å². The van der Waals surface area contributed by atoms with E-state index < -0.39 is 5.69 Å². The van der Waals surface area contributed by atoms with Crippen molar-refractivity contribution in [3.63, 3.8) is 0 Å². The molecule has 0 bridgehead atoms. The Kier molecular flexibility index (Phi) is 3.23. The van der Waals surface area contributed by atoms with E-state index in [9.17, 15) is 9.59 Å². The van der Waals surface area contributed by atoms with E-state index in [1.54, 1.807) is 24.4 Å². The predicted molar refractivity (Wildman–Crippen MR) is 70.7 cm³/mol. The average molecular weight is 243 g/mol. The van der Waals surface area contributed by atoms with Crippen molar-refractivity contribution in [2.75, 3.05) is 0 Å². The molecule has 0 radical (unpaired) electrons. The van der Waals surface area contributed by atoms with Gasteiger partial charge in [0.1, 0.15) is 5.65 Å². The smallest absolute Gasteiger partial charge is 0.273 e. The number of allylic oxidation sites excluding steroid dienone is 2. The van der Waals surface area contributed by atoms with Crippen LogP contribution in [0.2, 0.25) is 0 Å². The van der Waals surface area contributed by atoms with Crippen LogP contribution in [0, 0.1) is 0 Å². The van der Waals surface area contributed by atoms with Crippen molar-refractivity contribution in [1.82, 2.24) is 14.1 Å². The molecule has 2 aromatic rings. The molecule has 0 aliphatic carbocycles. The van der Waals surface area contributed by atoms with Gasteiger partial charge >= 0.3 is 5.69 Å². The predicted octanol–water partition coefficient (Wildman–Crippen LogP) is 0.930. The van der Waals surface area contributed by atoms with Gasteiger partial charge in [-0.15, -0.1) is 13.2 Å². The van der Waals surface area contributed by atoms with Crippen LogP contribution in [-0.2, 0) is 13.1 Å². The Morgan fingerprint density at radius 1 is 1.17 bits per heavy atom. The minimum Gasteiger partial charge on any atom is -0.273 e. The van der Waals surface area contributed by atoms with Crippen LogP contribution in [-0.4, -0.2) is 14.1 Å². The molecular formula is C13H13N3O2. The van der Waals surface area contributed by atoms with Crippen LogP contribution in [0.15, 0.2) is 53.2 Å². The van der Waals surface area contributed by atoms with E-state index in [-0.39, 0.29) is 12.1 Å². The molecule has 2 rings (SSSR count). The van der Waals surface area contributed by atoms with Crippen molar-refractivity contribution in [1.29, 1.82) is 0 Å². The third kappa shape index (κ3) is 1.79. The molecule has 5 nitrogen and oxygen atoms in total. The van der Waals surface area contributed by atoms with Gasteiger partial charge < -0.3 is 0 Å². The van der Waals surface area contributed by atoms with E-state index in [4.69, 9.17) is 0 Å². The molecule has 0 fully saturated rings. The molecular weight excluding hydrogens is 230 g/mol. The summed E-state index contributed by atoms with van der Waals surface area (Å²) in [6.45, 7) is 7.65. The molecule has 18 heavy (non-hydrogen) atoms. The van der Waals surface area contributed by atoms with Crippen LogP contribution in [0.1, 0.15) is 0 Å². The van der Waals surface area contributed by atoms with Crippen molar-refractivity contribution in [2.45, 2.75) is 13.1 Å². The Bertz CT molecular complexity index is 725. The molecule has 0 unspecified atom stereocenters. The Morgan fingerprint density at radius 2 is 1.83 bits per heavy atom. The lowest BCUT2D eigenvalue weighted by atomic mass is 10.3. The second-order valence-electron chi connectivity index (χ2n) is 3.76. The van der Waals surface area contributed by atoms with Gasteiger partial charge in [0.15, 0.2) is 0 Å². The lowest BCUT2D eigenvalue weighted by Gasteiger charge is -2.10. The number of fused-ring (bicyclic) bond motifs is 1. The van der Waals surface area contributed by atoms with Crippen molar-refractivity contribution in [2.24, 2.45) is 0 Å². The van der Waals surface area contributed by atoms with Crippen molar-refractivity contribution >= 4 is 11.0 Å². The highest BCUT2D eigenvalue weighted by molar-refractivity contribution is 5.73. The molecule has 5 heteroatoms. The molecule has 92 valence electrons. The third-order valence-corrected chi connectivity index (χ3v) is 2.60. The van der Waals surface area contributed by atoms with E-state index in [1.165, 1.54) is 10.6 Å². The normalized spacial score (nSPS) is 10.4. The monoisotopic (exact) mass is 243 g/mol. The first-order chi connectivity index (χ1) is 8.70. The first-order valence-corrected chi connectivity index (χ1v) is 5.51. The molecule has 2 heterocycles. The zero-order valence-electron chi connectivity index (χ0n) is 9.87. The fraction of sp³-hybridized carbons (Fsp3) is 0.154. The van der Waals surface area contributed by atoms with Gasteiger partial charge in [0.25, 0.3) is 5.56 Å². The first kappa shape index (κ1) is 12.0. The summed E-state index contributed by atoms with van der Waals surface area (Å²) in [6, 6.07) is 3.33. The zero-order valence-corrected chi connectivity index (χ0v) is 9.87. The number of pyridine rings is 1. The maximum Gasteiger partial charge on any atom is 0.333 e. The van der Waals surface area contributed by atoms with Crippen LogP contribution >= 0.6 is 0 Å². The van der Waals surface area contributed by atoms with Gasteiger partial charge in [-0.2, -0.15) is 0 Å². The van der Waals surface area contributed by atoms with Gasteiger partial charge in [-0.3, -0.25) is 13.9 Å². The second kappa shape index (κ2) is 4.83. The molecule has 2 aromatic heterocycles. The molecule has 0 spiro atoms. The molecule has 0 aliphatic heterocycles. The van der Waals surface area contributed by atoms with Crippen LogP contribution in [0.3, 0.4) is 0 Å². The topological polar surface area (TPSA) is 56.9 Å². The average Bonchev–Trinajstić information content (AvgIpc) is 2.39. The Hall–Kier alpha value is -2.43. The van der Waals surface area contributed by atoms with Gasteiger partial charge in [0, 0.05) is 19.3 Å². The highest BCUT2D eigenvalue weighted by Gasteiger charge is 2.11. The quantitative estimate of drug-likeness (QED) is 0.751. The fourth-order valence-electron chi connectivity index (χ4n) is 1.83. The van der Waals surface area contributed by atoms with Gasteiger partial charge in [0.05, 0.1) is 5.39 Å². The Labute approximate surface area is 103 Å². The molecule has 0 saturated carbocycles. The molecule has 0 saturated heterocycles. The fourth-order valence-corrected chi connectivity index (χ4v) is 1.83. The summed E-state index contributed by atoms with van der Waals surface area (Å²) in [6.07, 6.45) is 4.67. The summed E-state index contributed by atoms with van der Waals surface area (Å²) in [5, 5.41) is 0.417. The van der Waals surface area contributed by atoms with Crippen molar-refractivity contribution < 1.29 is 0 Å². The van der Waals surface area contributed by atoms with Gasteiger partial charge in [0.2, 0.25) is 0 Å². The number of aromatic nitrogens is 3. The SMILES string of the molecule is C=CCn1c(=O)c2cccnc2n(CC=C)c1=O. The lowest BCUT2D eigenvalue weighted by molar-refractivity contribution is 0.645. The van der Waals surface area contributed by atoms with Crippen LogP contribution in [0.5, 0.6) is 0 Å². The van der Waals surface area contributed by atoms with E-state index in [0.29, 0.717) is 17.6 Å². The summed E-state index contributed by atoms with van der Waals surface area (Å²) in [7, 11) is 0. The minimum atomic E-state index is -0.397. The highest BCUT2D eigenvalue weighted by atomic mass is 16.2. The number of rotatable bonds is 4. The Balaban J connectivity index is 2.96. The van der Waals surface area contributed by atoms with Gasteiger partial charge in [-0.25, -0.2) is 9.78 Å². The lowest BCUT2D eigenvalue weighted by Crippen LogP contribution is -2.40. The van der Waals surface area contributed by atoms with E-state index in [0.717, 1.165) is 4.57 Å². The summed E-state index contributed by atoms with van der Waals surface area (Å²) >= 11 is 0. The summed E-state index contributed by atoms with van der Waals surface area (Å²) < 4.78 is 2.56. The van der Waals surface area contributed by atoms with E-state index in [1.807, 2.05) is 0 Å². The standard InChI is InChI=1S/C13H13N3O2/c1-3-8-15-11-10(6-5-7-14-11)12(17)16(9-4-2)13(15)18/h3-7H,1-2,8-9H2. The van der Waals surface area contributed by atoms with Crippen LogP contribution in [0.4, 0.5) is 0 Å². The number of nitrogens with zero attached hydrogens (tertiary/aromatic N) is 3. The van der Waals surface area contributed by atoms with Crippen LogP contribution < -0.4 is 11.2 Å². The van der Waals surface area contributed by atoms with Crippen LogP contribution in [0.25, 0.3) is 11.0 Å². The zero-order chi connectivity index (χ0) is 13.1. The van der Waals surface area contributed by atoms with E-state index >= 15 is 0 Å². The third-order valence-electron chi connectivity index (χ3n) is 2.60. The molecule has 0 amide bonds. The summed E-state index contributed by atoms with van der Waals surface area (Å²) in [5.74, 6) is 0. The maximum atomic E-state index is 12.2. The van der Waals surface area contributed by atoms with Gasteiger partial charge in [-0.05, 0) is 12.1 Å². The molecule has 0 aliphatic rings. The number of hydrogen-bond donors (Lipinski definition) is 0. The molecule has 0 N–H and O–H groups in total. The second-order valence-corrected chi connectivity index (χ2v) is 3.76. The Morgan fingerprint density at radius 3 is 2.50 bits per heavy atom. The largest absolute Gasteiger partial charge is 0.333 e. The van der Waals surface area contributed by atoms with Gasteiger partial charge in [-0.1, -0.05) is 12.2 Å². The minimum absolute atomic E-state index is 0.180. The molecule has 0 atom stereocenters. The summed E-state index contributed by atoms with van der Waals surface area (Å²) in [4.78, 5) is 28.4. The molecule has 0 aromatic carbocycles.